The maximum atomic E-state index is 11.0. The first kappa shape index (κ1) is 18.4. The molecule has 3 atom stereocenters. The zero-order chi connectivity index (χ0) is 16.2. The van der Waals surface area contributed by atoms with Crippen molar-refractivity contribution in [1.29, 1.82) is 0 Å². The molecule has 1 unspecified atom stereocenters. The summed E-state index contributed by atoms with van der Waals surface area (Å²) in [5, 5.41) is 10.4. The molecule has 21 heavy (non-hydrogen) atoms. The topological polar surface area (TPSA) is 47.0 Å². The molecule has 1 N–H and O–H groups in total. The smallest absolute Gasteiger partial charge is 0.210 e. The van der Waals surface area contributed by atoms with Gasteiger partial charge in [-0.05, 0) is 41.5 Å². The van der Waals surface area contributed by atoms with Crippen LogP contribution < -0.4 is 0 Å². The van der Waals surface area contributed by atoms with Crippen LogP contribution >= 0.6 is 0 Å². The van der Waals surface area contributed by atoms with Crippen LogP contribution in [-0.2, 0) is 4.79 Å². The van der Waals surface area contributed by atoms with Crippen molar-refractivity contribution in [3.63, 3.8) is 0 Å². The molecule has 0 saturated carbocycles. The summed E-state index contributed by atoms with van der Waals surface area (Å²) >= 11 is 0. The van der Waals surface area contributed by atoms with Gasteiger partial charge in [-0.3, -0.25) is 14.6 Å². The minimum absolute atomic E-state index is 0.220. The van der Waals surface area contributed by atoms with Gasteiger partial charge in [0, 0.05) is 50.3 Å². The van der Waals surface area contributed by atoms with Gasteiger partial charge in [-0.1, -0.05) is 0 Å². The number of nitrogens with zero attached hydrogens (tertiary/aromatic N) is 3. The Kier molecular flexibility index (Phi) is 7.10. The van der Waals surface area contributed by atoms with Gasteiger partial charge < -0.3 is 10.0 Å². The Morgan fingerprint density at radius 1 is 1.14 bits per heavy atom. The number of aliphatic hydroxyl groups is 1. The SMILES string of the molecule is CC(C)N(CC(O)CN1C[C@H](C)N(C=O)C[C@H]1C)C(C)C. The highest BCUT2D eigenvalue weighted by Gasteiger charge is 2.30. The molecule has 5 nitrogen and oxygen atoms in total. The molecule has 0 aromatic rings. The fraction of sp³-hybridized carbons (Fsp3) is 0.938. The number of carbonyl (C=O) groups excluding carboxylic acids is 1. The standard InChI is InChI=1S/C16H33N3O2/c1-12(2)19(13(3)4)10-16(21)9-17-7-15(6)18(11-20)8-14(17)5/h11-16,21H,7-10H2,1-6H3/t14-,15+,16?/m1/s1. The summed E-state index contributed by atoms with van der Waals surface area (Å²) in [6.07, 6.45) is 0.584. The van der Waals surface area contributed by atoms with E-state index in [0.717, 1.165) is 19.5 Å². The lowest BCUT2D eigenvalue weighted by Gasteiger charge is -2.43. The molecule has 1 saturated heterocycles. The van der Waals surface area contributed by atoms with Gasteiger partial charge in [0.15, 0.2) is 0 Å². The highest BCUT2D eigenvalue weighted by Crippen LogP contribution is 2.15. The first-order chi connectivity index (χ1) is 9.76. The molecule has 1 fully saturated rings. The Hall–Kier alpha value is -0.650. The highest BCUT2D eigenvalue weighted by atomic mass is 16.3. The Balaban J connectivity index is 2.54. The fourth-order valence-corrected chi connectivity index (χ4v) is 3.22. The first-order valence-corrected chi connectivity index (χ1v) is 8.15. The highest BCUT2D eigenvalue weighted by molar-refractivity contribution is 5.48. The van der Waals surface area contributed by atoms with Crippen LogP contribution in [0.5, 0.6) is 0 Å². The van der Waals surface area contributed by atoms with Crippen molar-refractivity contribution >= 4 is 6.41 Å². The zero-order valence-electron chi connectivity index (χ0n) is 14.5. The normalized spacial score (nSPS) is 25.9. The van der Waals surface area contributed by atoms with Gasteiger partial charge in [0.25, 0.3) is 0 Å². The van der Waals surface area contributed by atoms with Crippen LogP contribution in [0.15, 0.2) is 0 Å². The second-order valence-electron chi connectivity index (χ2n) is 6.99. The lowest BCUT2D eigenvalue weighted by molar-refractivity contribution is -0.124. The molecule has 124 valence electrons. The molecule has 0 aromatic carbocycles. The Morgan fingerprint density at radius 2 is 1.71 bits per heavy atom. The first-order valence-electron chi connectivity index (χ1n) is 8.15. The minimum Gasteiger partial charge on any atom is -0.390 e. The van der Waals surface area contributed by atoms with E-state index in [9.17, 15) is 9.90 Å². The van der Waals surface area contributed by atoms with Gasteiger partial charge in [0.2, 0.25) is 6.41 Å². The van der Waals surface area contributed by atoms with E-state index in [0.29, 0.717) is 31.2 Å². The quantitative estimate of drug-likeness (QED) is 0.713. The maximum absolute atomic E-state index is 11.0. The largest absolute Gasteiger partial charge is 0.390 e. The third kappa shape index (κ3) is 5.24. The van der Waals surface area contributed by atoms with Gasteiger partial charge >= 0.3 is 0 Å². The summed E-state index contributed by atoms with van der Waals surface area (Å²) in [4.78, 5) is 17.5. The predicted octanol–water partition coefficient (Wildman–Crippen LogP) is 1.02. The molecule has 1 amide bonds. The van der Waals surface area contributed by atoms with Crippen molar-refractivity contribution in [2.45, 2.75) is 71.8 Å². The Labute approximate surface area is 129 Å². The van der Waals surface area contributed by atoms with Gasteiger partial charge in [-0.25, -0.2) is 0 Å². The summed E-state index contributed by atoms with van der Waals surface area (Å²) < 4.78 is 0. The number of carbonyl (C=O) groups is 1. The van der Waals surface area contributed by atoms with Gasteiger partial charge in [0.1, 0.15) is 0 Å². The number of piperazine rings is 1. The third-order valence-electron chi connectivity index (χ3n) is 4.49. The second kappa shape index (κ2) is 8.11. The molecule has 0 aliphatic carbocycles. The molecule has 0 aromatic heterocycles. The number of hydrogen-bond donors (Lipinski definition) is 1. The number of amides is 1. The third-order valence-corrected chi connectivity index (χ3v) is 4.49. The van der Waals surface area contributed by atoms with Crippen LogP contribution in [-0.4, -0.2) is 82.7 Å². The summed E-state index contributed by atoms with van der Waals surface area (Å²) in [5.74, 6) is 0. The molecule has 1 rings (SSSR count). The van der Waals surface area contributed by atoms with E-state index in [1.807, 2.05) is 4.90 Å². The molecular formula is C16H33N3O2. The molecule has 1 aliphatic heterocycles. The average molecular weight is 299 g/mol. The summed E-state index contributed by atoms with van der Waals surface area (Å²) in [7, 11) is 0. The van der Waals surface area contributed by atoms with Gasteiger partial charge in [-0.2, -0.15) is 0 Å². The van der Waals surface area contributed by atoms with Crippen LogP contribution in [0.4, 0.5) is 0 Å². The Morgan fingerprint density at radius 3 is 2.19 bits per heavy atom. The van der Waals surface area contributed by atoms with Crippen molar-refractivity contribution in [2.75, 3.05) is 26.2 Å². The molecule has 5 heteroatoms. The number of rotatable bonds is 7. The van der Waals surface area contributed by atoms with Crippen molar-refractivity contribution in [3.05, 3.63) is 0 Å². The van der Waals surface area contributed by atoms with Crippen molar-refractivity contribution in [1.82, 2.24) is 14.7 Å². The summed E-state index contributed by atoms with van der Waals surface area (Å²) in [6.45, 7) is 15.8. The van der Waals surface area contributed by atoms with E-state index in [1.165, 1.54) is 0 Å². The predicted molar refractivity (Wildman–Crippen MR) is 86.3 cm³/mol. The zero-order valence-corrected chi connectivity index (χ0v) is 14.5. The number of hydrogen-bond acceptors (Lipinski definition) is 4. The van der Waals surface area contributed by atoms with E-state index >= 15 is 0 Å². The second-order valence-corrected chi connectivity index (χ2v) is 6.99. The summed E-state index contributed by atoms with van der Waals surface area (Å²) in [6, 6.07) is 1.38. The number of aliphatic hydroxyl groups excluding tert-OH is 1. The van der Waals surface area contributed by atoms with Gasteiger partial charge in [0.05, 0.1) is 6.10 Å². The van der Waals surface area contributed by atoms with Crippen LogP contribution in [0.3, 0.4) is 0 Å². The summed E-state index contributed by atoms with van der Waals surface area (Å²) in [5.41, 5.74) is 0. The molecule has 1 heterocycles. The van der Waals surface area contributed by atoms with E-state index in [-0.39, 0.29) is 12.1 Å². The van der Waals surface area contributed by atoms with E-state index in [2.05, 4.69) is 51.3 Å². The minimum atomic E-state index is -0.354. The van der Waals surface area contributed by atoms with Crippen molar-refractivity contribution < 1.29 is 9.90 Å². The van der Waals surface area contributed by atoms with Crippen LogP contribution in [0.1, 0.15) is 41.5 Å². The van der Waals surface area contributed by atoms with Crippen LogP contribution in [0.25, 0.3) is 0 Å². The molecule has 0 spiro atoms. The van der Waals surface area contributed by atoms with Crippen LogP contribution in [0, 0.1) is 0 Å². The van der Waals surface area contributed by atoms with Crippen LogP contribution in [0.2, 0.25) is 0 Å². The molecule has 0 radical (unpaired) electrons. The average Bonchev–Trinajstić information content (AvgIpc) is 2.39. The molecule has 0 bridgehead atoms. The monoisotopic (exact) mass is 299 g/mol. The van der Waals surface area contributed by atoms with E-state index < -0.39 is 0 Å². The van der Waals surface area contributed by atoms with Gasteiger partial charge in [-0.15, -0.1) is 0 Å². The van der Waals surface area contributed by atoms with Crippen molar-refractivity contribution in [3.8, 4) is 0 Å². The van der Waals surface area contributed by atoms with Crippen molar-refractivity contribution in [2.24, 2.45) is 0 Å². The van der Waals surface area contributed by atoms with E-state index in [1.54, 1.807) is 0 Å². The number of β-amino-alcohol motifs (C(OH)–C–C–N with tert-alkyl or cyclic N) is 1. The molecule has 1 aliphatic rings. The Bertz CT molecular complexity index is 315. The fourth-order valence-electron chi connectivity index (χ4n) is 3.22. The van der Waals surface area contributed by atoms with E-state index in [4.69, 9.17) is 0 Å². The maximum Gasteiger partial charge on any atom is 0.210 e. The lowest BCUT2D eigenvalue weighted by atomic mass is 10.1. The lowest BCUT2D eigenvalue weighted by Crippen LogP contribution is -2.58. The molecular weight excluding hydrogens is 266 g/mol.